The molecule has 1 saturated heterocycles. The van der Waals surface area contributed by atoms with Crippen LogP contribution in [-0.4, -0.2) is 18.0 Å². The summed E-state index contributed by atoms with van der Waals surface area (Å²) in [5.41, 5.74) is 0. The van der Waals surface area contributed by atoms with Crippen molar-refractivity contribution >= 4 is 0 Å². The van der Waals surface area contributed by atoms with Crippen molar-refractivity contribution in [2.45, 2.75) is 19.8 Å². The van der Waals surface area contributed by atoms with Crippen LogP contribution >= 0.6 is 0 Å². The summed E-state index contributed by atoms with van der Waals surface area (Å²) in [6.45, 7) is 7.05. The monoisotopic (exact) mass is 98.1 g/mol. The highest BCUT2D eigenvalue weighted by atomic mass is 15.2. The Morgan fingerprint density at radius 1 is 1.57 bits per heavy atom. The topological polar surface area (TPSA) is 3.24 Å². The zero-order chi connectivity index (χ0) is 5.11. The van der Waals surface area contributed by atoms with Crippen molar-refractivity contribution in [3.05, 3.63) is 6.54 Å². The van der Waals surface area contributed by atoms with Gasteiger partial charge in [0.15, 0.2) is 0 Å². The van der Waals surface area contributed by atoms with Crippen molar-refractivity contribution in [1.82, 2.24) is 4.90 Å². The lowest BCUT2D eigenvalue weighted by atomic mass is 10.2. The van der Waals surface area contributed by atoms with E-state index in [9.17, 15) is 0 Å². The Balaban J connectivity index is 1.93. The molecular weight excluding hydrogens is 86.1 g/mol. The predicted molar refractivity (Wildman–Crippen MR) is 30.8 cm³/mol. The van der Waals surface area contributed by atoms with Crippen LogP contribution in [0.5, 0.6) is 0 Å². The third-order valence-corrected chi connectivity index (χ3v) is 1.33. The predicted octanol–water partition coefficient (Wildman–Crippen LogP) is 1.26. The fourth-order valence-electron chi connectivity index (χ4n) is 0.781. The summed E-state index contributed by atoms with van der Waals surface area (Å²) in [6, 6.07) is 0. The van der Waals surface area contributed by atoms with Crippen molar-refractivity contribution in [2.75, 3.05) is 13.1 Å². The van der Waals surface area contributed by atoms with Crippen molar-refractivity contribution in [1.29, 1.82) is 0 Å². The first kappa shape index (κ1) is 5.10. The fourth-order valence-corrected chi connectivity index (χ4v) is 0.781. The Labute approximate surface area is 45.3 Å². The van der Waals surface area contributed by atoms with E-state index in [1.54, 1.807) is 0 Å². The van der Waals surface area contributed by atoms with Crippen molar-refractivity contribution in [3.8, 4) is 0 Å². The maximum atomic E-state index is 2.36. The molecule has 1 heterocycles. The average Bonchev–Trinajstić information content (AvgIpc) is 1.55. The summed E-state index contributed by atoms with van der Waals surface area (Å²) in [5, 5.41) is 0. The maximum Gasteiger partial charge on any atom is 0.0248 e. The second kappa shape index (κ2) is 2.31. The van der Waals surface area contributed by atoms with Crippen molar-refractivity contribution in [2.24, 2.45) is 0 Å². The lowest BCUT2D eigenvalue weighted by Crippen LogP contribution is -2.34. The molecule has 1 aliphatic heterocycles. The number of rotatable bonds is 2. The van der Waals surface area contributed by atoms with E-state index >= 15 is 0 Å². The van der Waals surface area contributed by atoms with Gasteiger partial charge in [-0.15, -0.1) is 0 Å². The standard InChI is InChI=1S/C6H12N/c1-2-4-7-5-3-6-7/h4H,2-3,5-6H2,1H3. The van der Waals surface area contributed by atoms with E-state index in [1.807, 2.05) is 0 Å². The molecular formula is C6H12N. The molecule has 0 atom stereocenters. The van der Waals surface area contributed by atoms with E-state index in [1.165, 1.54) is 25.9 Å². The van der Waals surface area contributed by atoms with E-state index in [2.05, 4.69) is 18.4 Å². The molecule has 1 rings (SSSR count). The molecule has 1 heteroatoms. The van der Waals surface area contributed by atoms with Crippen LogP contribution in [0.1, 0.15) is 19.8 Å². The molecule has 0 bridgehead atoms. The molecule has 7 heavy (non-hydrogen) atoms. The van der Waals surface area contributed by atoms with Crippen LogP contribution in [-0.2, 0) is 0 Å². The maximum absolute atomic E-state index is 2.36. The van der Waals surface area contributed by atoms with Crippen molar-refractivity contribution < 1.29 is 0 Å². The molecule has 0 spiro atoms. The van der Waals surface area contributed by atoms with Gasteiger partial charge in [-0.2, -0.15) is 0 Å². The Morgan fingerprint density at radius 3 is 2.43 bits per heavy atom. The van der Waals surface area contributed by atoms with E-state index in [-0.39, 0.29) is 0 Å². The zero-order valence-corrected chi connectivity index (χ0v) is 4.85. The Kier molecular flexibility index (Phi) is 1.69. The van der Waals surface area contributed by atoms with E-state index in [4.69, 9.17) is 0 Å². The number of hydrogen-bond donors (Lipinski definition) is 0. The molecule has 1 radical (unpaired) electrons. The molecule has 0 aromatic rings. The highest BCUT2D eigenvalue weighted by molar-refractivity contribution is 4.74. The number of nitrogens with zero attached hydrogens (tertiary/aromatic N) is 1. The lowest BCUT2D eigenvalue weighted by molar-refractivity contribution is 0.225. The summed E-state index contributed by atoms with van der Waals surface area (Å²) < 4.78 is 0. The van der Waals surface area contributed by atoms with Gasteiger partial charge in [0, 0.05) is 6.54 Å². The highest BCUT2D eigenvalue weighted by Gasteiger charge is 2.10. The van der Waals surface area contributed by atoms with E-state index in [0.717, 1.165) is 0 Å². The van der Waals surface area contributed by atoms with Gasteiger partial charge in [-0.1, -0.05) is 6.92 Å². The van der Waals surface area contributed by atoms with Crippen LogP contribution in [0.2, 0.25) is 0 Å². The average molecular weight is 98.2 g/mol. The normalized spacial score (nSPS) is 21.9. The Bertz CT molecular complexity index is 48.1. The Morgan fingerprint density at radius 2 is 2.29 bits per heavy atom. The lowest BCUT2D eigenvalue weighted by Gasteiger charge is -2.29. The van der Waals surface area contributed by atoms with Crippen LogP contribution in [0.4, 0.5) is 0 Å². The number of hydrogen-bond acceptors (Lipinski definition) is 1. The van der Waals surface area contributed by atoms with Gasteiger partial charge in [-0.3, -0.25) is 4.90 Å². The van der Waals surface area contributed by atoms with Gasteiger partial charge in [0.25, 0.3) is 0 Å². The molecule has 0 amide bonds. The molecule has 0 aromatic heterocycles. The van der Waals surface area contributed by atoms with Gasteiger partial charge in [0.05, 0.1) is 0 Å². The van der Waals surface area contributed by atoms with Crippen LogP contribution in [0.15, 0.2) is 0 Å². The van der Waals surface area contributed by atoms with Gasteiger partial charge < -0.3 is 0 Å². The largest absolute Gasteiger partial charge is 0.299 e. The number of likely N-dealkylation sites (tertiary alicyclic amines) is 1. The minimum absolute atomic E-state index is 1.19. The smallest absolute Gasteiger partial charge is 0.0248 e. The SMILES string of the molecule is CC[CH]N1CCC1. The van der Waals surface area contributed by atoms with E-state index < -0.39 is 0 Å². The van der Waals surface area contributed by atoms with E-state index in [0.29, 0.717) is 0 Å². The molecule has 1 aliphatic rings. The summed E-state index contributed by atoms with van der Waals surface area (Å²) >= 11 is 0. The molecule has 0 aliphatic carbocycles. The van der Waals surface area contributed by atoms with Crippen LogP contribution in [0, 0.1) is 6.54 Å². The summed E-state index contributed by atoms with van der Waals surface area (Å²) in [5.74, 6) is 0. The first-order chi connectivity index (χ1) is 3.43. The van der Waals surface area contributed by atoms with Crippen LogP contribution in [0.25, 0.3) is 0 Å². The molecule has 0 aromatic carbocycles. The van der Waals surface area contributed by atoms with Gasteiger partial charge in [-0.05, 0) is 25.9 Å². The van der Waals surface area contributed by atoms with Crippen molar-refractivity contribution in [3.63, 3.8) is 0 Å². The van der Waals surface area contributed by atoms with Crippen LogP contribution in [0.3, 0.4) is 0 Å². The molecule has 1 fully saturated rings. The molecule has 41 valence electrons. The molecule has 0 unspecified atom stereocenters. The highest BCUT2D eigenvalue weighted by Crippen LogP contribution is 2.08. The zero-order valence-electron chi connectivity index (χ0n) is 4.85. The third-order valence-electron chi connectivity index (χ3n) is 1.33. The first-order valence-corrected chi connectivity index (χ1v) is 3.01. The first-order valence-electron chi connectivity index (χ1n) is 3.01. The minimum atomic E-state index is 1.19. The van der Waals surface area contributed by atoms with Crippen LogP contribution < -0.4 is 0 Å². The quantitative estimate of drug-likeness (QED) is 0.502. The summed E-state index contributed by atoms with van der Waals surface area (Å²) in [4.78, 5) is 2.36. The van der Waals surface area contributed by atoms with Gasteiger partial charge in [0.2, 0.25) is 0 Å². The summed E-state index contributed by atoms with van der Waals surface area (Å²) in [7, 11) is 0. The second-order valence-corrected chi connectivity index (χ2v) is 1.98. The van der Waals surface area contributed by atoms with Gasteiger partial charge >= 0.3 is 0 Å². The molecule has 0 N–H and O–H groups in total. The molecule has 1 nitrogen and oxygen atoms in total. The Hall–Kier alpha value is -0.0400. The van der Waals surface area contributed by atoms with Gasteiger partial charge in [-0.25, -0.2) is 0 Å². The fraction of sp³-hybridized carbons (Fsp3) is 0.833. The second-order valence-electron chi connectivity index (χ2n) is 1.98. The summed E-state index contributed by atoms with van der Waals surface area (Å²) in [6.07, 6.45) is 2.59. The molecule has 0 saturated carbocycles. The van der Waals surface area contributed by atoms with Gasteiger partial charge in [0.1, 0.15) is 0 Å². The minimum Gasteiger partial charge on any atom is -0.299 e. The third kappa shape index (κ3) is 1.16.